The van der Waals surface area contributed by atoms with Gasteiger partial charge in [-0.15, -0.1) is 10.2 Å². The molecule has 6 nitrogen and oxygen atoms in total. The molecule has 3 heterocycles. The highest BCUT2D eigenvalue weighted by atomic mass is 32.2. The fraction of sp³-hybridized carbons (Fsp3) is 0.421. The van der Waals surface area contributed by atoms with Crippen LogP contribution >= 0.6 is 23.1 Å². The van der Waals surface area contributed by atoms with Crippen LogP contribution in [0.15, 0.2) is 33.0 Å². The number of para-hydroxylation sites is 1. The molecule has 1 amide bonds. The summed E-state index contributed by atoms with van der Waals surface area (Å²) in [6.45, 7) is 4.67. The highest BCUT2D eigenvalue weighted by Gasteiger charge is 2.27. The second-order valence-electron chi connectivity index (χ2n) is 6.60. The predicted octanol–water partition coefficient (Wildman–Crippen LogP) is 4.18. The lowest BCUT2D eigenvalue weighted by molar-refractivity contribution is 0.0697. The SMILES string of the molecule is Cc1nnc(SCc2c(C(=O)NC(C)C3CCCO3)oc3ccccc23)s1. The van der Waals surface area contributed by atoms with Gasteiger partial charge in [0.25, 0.3) is 5.91 Å². The van der Waals surface area contributed by atoms with Crippen molar-refractivity contribution in [2.45, 2.75) is 48.9 Å². The number of carbonyl (C=O) groups excluding carboxylic acids is 1. The first-order valence-corrected chi connectivity index (χ1v) is 10.8. The van der Waals surface area contributed by atoms with E-state index in [1.807, 2.05) is 38.1 Å². The van der Waals surface area contributed by atoms with Crippen molar-refractivity contribution < 1.29 is 13.9 Å². The zero-order chi connectivity index (χ0) is 18.8. The molecule has 1 N–H and O–H groups in total. The standard InChI is InChI=1S/C19H21N3O3S2/c1-11(15-8-5-9-24-15)20-18(23)17-14(10-26-19-22-21-12(2)27-19)13-6-3-4-7-16(13)25-17/h3-4,6-7,11,15H,5,8-10H2,1-2H3,(H,20,23). The third-order valence-corrected chi connectivity index (χ3v) is 6.63. The maximum atomic E-state index is 12.9. The van der Waals surface area contributed by atoms with Crippen LogP contribution in [0.4, 0.5) is 0 Å². The number of hydrogen-bond donors (Lipinski definition) is 1. The number of rotatable bonds is 6. The van der Waals surface area contributed by atoms with E-state index in [2.05, 4.69) is 15.5 Å². The van der Waals surface area contributed by atoms with Crippen molar-refractivity contribution in [1.82, 2.24) is 15.5 Å². The van der Waals surface area contributed by atoms with E-state index < -0.39 is 0 Å². The lowest BCUT2D eigenvalue weighted by Gasteiger charge is -2.19. The molecule has 8 heteroatoms. The van der Waals surface area contributed by atoms with Crippen molar-refractivity contribution in [2.75, 3.05) is 6.61 Å². The van der Waals surface area contributed by atoms with Crippen LogP contribution in [0, 0.1) is 6.92 Å². The van der Waals surface area contributed by atoms with Crippen LogP contribution in [0.1, 0.15) is 40.9 Å². The van der Waals surface area contributed by atoms with Crippen molar-refractivity contribution in [1.29, 1.82) is 0 Å². The summed E-state index contributed by atoms with van der Waals surface area (Å²) in [4.78, 5) is 12.9. The molecule has 1 fully saturated rings. The van der Waals surface area contributed by atoms with Gasteiger partial charge in [0, 0.05) is 23.3 Å². The van der Waals surface area contributed by atoms with Crippen LogP contribution < -0.4 is 5.32 Å². The van der Waals surface area contributed by atoms with E-state index in [1.54, 1.807) is 23.1 Å². The van der Waals surface area contributed by atoms with Gasteiger partial charge in [-0.2, -0.15) is 0 Å². The average molecular weight is 404 g/mol. The molecule has 1 aromatic carbocycles. The zero-order valence-electron chi connectivity index (χ0n) is 15.2. The molecule has 0 bridgehead atoms. The fourth-order valence-electron chi connectivity index (χ4n) is 3.26. The lowest BCUT2D eigenvalue weighted by atomic mass is 10.1. The maximum absolute atomic E-state index is 12.9. The molecule has 1 saturated heterocycles. The normalized spacial score (nSPS) is 18.1. The zero-order valence-corrected chi connectivity index (χ0v) is 16.9. The molecule has 0 saturated carbocycles. The number of aromatic nitrogens is 2. The molecule has 2 aromatic heterocycles. The van der Waals surface area contributed by atoms with Crippen LogP contribution in [0.5, 0.6) is 0 Å². The number of furan rings is 1. The number of nitrogens with zero attached hydrogens (tertiary/aromatic N) is 2. The molecule has 27 heavy (non-hydrogen) atoms. The maximum Gasteiger partial charge on any atom is 0.287 e. The van der Waals surface area contributed by atoms with Crippen molar-refractivity contribution >= 4 is 40.0 Å². The molecular formula is C19H21N3O3S2. The largest absolute Gasteiger partial charge is 0.451 e. The molecule has 0 aliphatic carbocycles. The van der Waals surface area contributed by atoms with E-state index in [1.165, 1.54) is 0 Å². The van der Waals surface area contributed by atoms with Crippen LogP contribution in [0.25, 0.3) is 11.0 Å². The van der Waals surface area contributed by atoms with E-state index in [9.17, 15) is 4.79 Å². The molecule has 3 aromatic rings. The van der Waals surface area contributed by atoms with Gasteiger partial charge >= 0.3 is 0 Å². The molecule has 0 spiro atoms. The van der Waals surface area contributed by atoms with Crippen molar-refractivity contribution in [3.63, 3.8) is 0 Å². The summed E-state index contributed by atoms with van der Waals surface area (Å²) in [5, 5.41) is 13.1. The van der Waals surface area contributed by atoms with Gasteiger partial charge in [-0.3, -0.25) is 4.79 Å². The average Bonchev–Trinajstić information content (AvgIpc) is 3.39. The first-order chi connectivity index (χ1) is 13.1. The molecule has 1 aliphatic rings. The Balaban J connectivity index is 1.57. The molecule has 4 rings (SSSR count). The van der Waals surface area contributed by atoms with Gasteiger partial charge in [0.1, 0.15) is 10.6 Å². The molecule has 142 valence electrons. The van der Waals surface area contributed by atoms with Gasteiger partial charge in [0.05, 0.1) is 12.1 Å². The number of hydrogen-bond acceptors (Lipinski definition) is 7. The Morgan fingerprint density at radius 1 is 1.41 bits per heavy atom. The monoisotopic (exact) mass is 403 g/mol. The minimum Gasteiger partial charge on any atom is -0.451 e. The van der Waals surface area contributed by atoms with E-state index >= 15 is 0 Å². The summed E-state index contributed by atoms with van der Waals surface area (Å²) >= 11 is 3.12. The van der Waals surface area contributed by atoms with Crippen molar-refractivity contribution in [2.24, 2.45) is 0 Å². The number of nitrogens with one attached hydrogen (secondary N) is 1. The summed E-state index contributed by atoms with van der Waals surface area (Å²) in [6, 6.07) is 7.68. The van der Waals surface area contributed by atoms with Crippen LogP contribution in [-0.2, 0) is 10.5 Å². The number of ether oxygens (including phenoxy) is 1. The van der Waals surface area contributed by atoms with E-state index in [0.717, 1.165) is 45.3 Å². The summed E-state index contributed by atoms with van der Waals surface area (Å²) < 4.78 is 12.5. The third-order valence-electron chi connectivity index (χ3n) is 4.63. The highest BCUT2D eigenvalue weighted by Crippen LogP contribution is 2.33. The predicted molar refractivity (Wildman–Crippen MR) is 106 cm³/mol. The number of aryl methyl sites for hydroxylation is 1. The topological polar surface area (TPSA) is 77.2 Å². The Bertz CT molecular complexity index is 947. The minimum atomic E-state index is -0.196. The number of benzene rings is 1. The second kappa shape index (κ2) is 8.00. The Kier molecular flexibility index (Phi) is 5.47. The highest BCUT2D eigenvalue weighted by molar-refractivity contribution is 8.00. The Morgan fingerprint density at radius 2 is 2.26 bits per heavy atom. The second-order valence-corrected chi connectivity index (χ2v) is 9.00. The molecule has 1 aliphatic heterocycles. The summed E-state index contributed by atoms with van der Waals surface area (Å²) in [7, 11) is 0. The summed E-state index contributed by atoms with van der Waals surface area (Å²) in [5.41, 5.74) is 1.61. The Labute approximate surface area is 165 Å². The van der Waals surface area contributed by atoms with Gasteiger partial charge in [-0.1, -0.05) is 41.3 Å². The van der Waals surface area contributed by atoms with Gasteiger partial charge in [0.2, 0.25) is 0 Å². The van der Waals surface area contributed by atoms with Crippen LogP contribution in [0.3, 0.4) is 0 Å². The van der Waals surface area contributed by atoms with Gasteiger partial charge < -0.3 is 14.5 Å². The summed E-state index contributed by atoms with van der Waals surface area (Å²) in [5.74, 6) is 0.774. The summed E-state index contributed by atoms with van der Waals surface area (Å²) in [6.07, 6.45) is 2.08. The number of amides is 1. The van der Waals surface area contributed by atoms with Crippen LogP contribution in [0.2, 0.25) is 0 Å². The molecule has 2 atom stereocenters. The van der Waals surface area contributed by atoms with Crippen molar-refractivity contribution in [3.05, 3.63) is 40.6 Å². The quantitative estimate of drug-likeness (QED) is 0.622. The smallest absolute Gasteiger partial charge is 0.287 e. The fourth-order valence-corrected chi connectivity index (χ4v) is 5.10. The number of fused-ring (bicyclic) bond motifs is 1. The third kappa shape index (κ3) is 4.02. The van der Waals surface area contributed by atoms with E-state index in [4.69, 9.17) is 9.15 Å². The van der Waals surface area contributed by atoms with E-state index in [-0.39, 0.29) is 18.1 Å². The molecule has 2 unspecified atom stereocenters. The first-order valence-electron chi connectivity index (χ1n) is 8.97. The minimum absolute atomic E-state index is 0.0560. The number of thioether (sulfide) groups is 1. The van der Waals surface area contributed by atoms with Crippen LogP contribution in [-0.4, -0.2) is 34.9 Å². The van der Waals surface area contributed by atoms with Gasteiger partial charge in [-0.05, 0) is 32.8 Å². The van der Waals surface area contributed by atoms with E-state index in [0.29, 0.717) is 11.5 Å². The molecular weight excluding hydrogens is 382 g/mol. The number of carbonyl (C=O) groups is 1. The van der Waals surface area contributed by atoms with Gasteiger partial charge in [0.15, 0.2) is 10.1 Å². The molecule has 0 radical (unpaired) electrons. The Morgan fingerprint density at radius 3 is 3.00 bits per heavy atom. The van der Waals surface area contributed by atoms with Crippen molar-refractivity contribution in [3.8, 4) is 0 Å². The van der Waals surface area contributed by atoms with Gasteiger partial charge in [-0.25, -0.2) is 0 Å². The lowest BCUT2D eigenvalue weighted by Crippen LogP contribution is -2.40. The Hall–Kier alpha value is -1.90. The first kappa shape index (κ1) is 18.5.